The molecule has 0 aliphatic carbocycles. The van der Waals surface area contributed by atoms with Crippen LogP contribution < -0.4 is 19.9 Å². The fourth-order valence-corrected chi connectivity index (χ4v) is 2.50. The Bertz CT molecular complexity index is 895. The van der Waals surface area contributed by atoms with Gasteiger partial charge in [0.1, 0.15) is 24.1 Å². The first-order chi connectivity index (χ1) is 12.5. The molecular weight excluding hydrogens is 346 g/mol. The largest absolute Gasteiger partial charge is 0.490 e. The van der Waals surface area contributed by atoms with E-state index in [2.05, 4.69) is 0 Å². The van der Waals surface area contributed by atoms with Gasteiger partial charge in [-0.3, -0.25) is 4.79 Å². The quantitative estimate of drug-likeness (QED) is 0.884. The number of nitrogens with two attached hydrogens (primary N) is 1. The lowest BCUT2D eigenvalue weighted by Gasteiger charge is -2.26. The van der Waals surface area contributed by atoms with Crippen LogP contribution in [0.4, 0.5) is 8.78 Å². The highest BCUT2D eigenvalue weighted by Gasteiger charge is 2.23. The van der Waals surface area contributed by atoms with Crippen molar-refractivity contribution in [3.63, 3.8) is 0 Å². The van der Waals surface area contributed by atoms with E-state index in [0.29, 0.717) is 23.5 Å². The summed E-state index contributed by atoms with van der Waals surface area (Å²) in [5.41, 5.74) is 4.57. The number of primary amides is 1. The van der Waals surface area contributed by atoms with Crippen molar-refractivity contribution in [1.29, 1.82) is 5.26 Å². The van der Waals surface area contributed by atoms with Crippen LogP contribution in [0.25, 0.3) is 0 Å². The predicted octanol–water partition coefficient (Wildman–Crippen LogP) is 2.54. The first-order valence-electron chi connectivity index (χ1n) is 7.74. The van der Waals surface area contributed by atoms with Crippen LogP contribution in [0.2, 0.25) is 0 Å². The normalized spacial score (nSPS) is 15.2. The van der Waals surface area contributed by atoms with Crippen LogP contribution in [0, 0.1) is 23.0 Å². The molecule has 26 heavy (non-hydrogen) atoms. The lowest BCUT2D eigenvalue weighted by atomic mass is 10.1. The molecule has 0 saturated heterocycles. The van der Waals surface area contributed by atoms with E-state index in [0.717, 1.165) is 12.1 Å². The molecule has 6 nitrogen and oxygen atoms in total. The van der Waals surface area contributed by atoms with E-state index in [-0.39, 0.29) is 25.1 Å². The maximum Gasteiger partial charge on any atom is 0.254 e. The molecule has 1 atom stereocenters. The third-order valence-electron chi connectivity index (χ3n) is 3.79. The number of hydrogen-bond acceptors (Lipinski definition) is 5. The average molecular weight is 360 g/mol. The van der Waals surface area contributed by atoms with Crippen LogP contribution in [-0.2, 0) is 0 Å². The highest BCUT2D eigenvalue weighted by molar-refractivity contribution is 5.93. The summed E-state index contributed by atoms with van der Waals surface area (Å²) in [4.78, 5) is 11.1. The lowest BCUT2D eigenvalue weighted by Crippen LogP contribution is -2.30. The molecule has 1 aliphatic heterocycles. The van der Waals surface area contributed by atoms with Gasteiger partial charge >= 0.3 is 0 Å². The molecule has 3 rings (SSSR count). The Balaban J connectivity index is 1.62. The van der Waals surface area contributed by atoms with Crippen LogP contribution in [0.3, 0.4) is 0 Å². The Labute approximate surface area is 147 Å². The molecule has 0 bridgehead atoms. The molecule has 8 heteroatoms. The smallest absolute Gasteiger partial charge is 0.254 e. The van der Waals surface area contributed by atoms with Crippen molar-refractivity contribution in [3.05, 3.63) is 53.1 Å². The number of nitriles is 1. The lowest BCUT2D eigenvalue weighted by molar-refractivity contribution is 0.0728. The Morgan fingerprint density at radius 3 is 2.85 bits per heavy atom. The maximum atomic E-state index is 14.1. The summed E-state index contributed by atoms with van der Waals surface area (Å²) < 4.78 is 44.1. The number of nitrogens with zero attached hydrogens (tertiary/aromatic N) is 1. The van der Waals surface area contributed by atoms with E-state index in [9.17, 15) is 13.6 Å². The van der Waals surface area contributed by atoms with Gasteiger partial charge in [0.25, 0.3) is 5.91 Å². The summed E-state index contributed by atoms with van der Waals surface area (Å²) >= 11 is 0. The SMILES string of the molecule is N#Cc1ccc2c(c1)OC(CCOc1ccc(F)c(C(N)=O)c1F)CO2. The topological polar surface area (TPSA) is 94.6 Å². The predicted molar refractivity (Wildman–Crippen MR) is 86.1 cm³/mol. The number of hydrogen-bond donors (Lipinski definition) is 1. The number of halogens is 2. The molecular formula is C18H14F2N2O4. The summed E-state index contributed by atoms with van der Waals surface area (Å²) in [6, 6.07) is 8.86. The molecule has 2 N–H and O–H groups in total. The third-order valence-corrected chi connectivity index (χ3v) is 3.79. The summed E-state index contributed by atoms with van der Waals surface area (Å²) in [6.45, 7) is 0.308. The van der Waals surface area contributed by atoms with Gasteiger partial charge < -0.3 is 19.9 Å². The summed E-state index contributed by atoms with van der Waals surface area (Å²) in [5.74, 6) is -2.68. The number of carbonyl (C=O) groups is 1. The monoisotopic (exact) mass is 360 g/mol. The molecule has 0 spiro atoms. The number of rotatable bonds is 5. The van der Waals surface area contributed by atoms with Gasteiger partial charge in [0.05, 0.1) is 18.2 Å². The highest BCUT2D eigenvalue weighted by atomic mass is 19.1. The zero-order chi connectivity index (χ0) is 18.7. The van der Waals surface area contributed by atoms with Crippen LogP contribution in [0.1, 0.15) is 22.3 Å². The van der Waals surface area contributed by atoms with E-state index in [4.69, 9.17) is 25.2 Å². The van der Waals surface area contributed by atoms with Gasteiger partial charge in [-0.15, -0.1) is 0 Å². The van der Waals surface area contributed by atoms with Crippen LogP contribution >= 0.6 is 0 Å². The Hall–Kier alpha value is -3.34. The Kier molecular flexibility index (Phi) is 4.89. The zero-order valence-electron chi connectivity index (χ0n) is 13.5. The van der Waals surface area contributed by atoms with E-state index >= 15 is 0 Å². The van der Waals surface area contributed by atoms with Gasteiger partial charge in [0.15, 0.2) is 23.1 Å². The van der Waals surface area contributed by atoms with Crippen LogP contribution in [0.15, 0.2) is 30.3 Å². The molecule has 1 heterocycles. The van der Waals surface area contributed by atoms with E-state index in [1.807, 2.05) is 6.07 Å². The van der Waals surface area contributed by atoms with Gasteiger partial charge in [0.2, 0.25) is 0 Å². The molecule has 2 aromatic carbocycles. The molecule has 134 valence electrons. The van der Waals surface area contributed by atoms with Gasteiger partial charge in [-0.25, -0.2) is 8.78 Å². The minimum absolute atomic E-state index is 0.0437. The Morgan fingerprint density at radius 2 is 2.12 bits per heavy atom. The second kappa shape index (κ2) is 7.27. The Morgan fingerprint density at radius 1 is 1.31 bits per heavy atom. The van der Waals surface area contributed by atoms with E-state index in [1.165, 1.54) is 0 Å². The van der Waals surface area contributed by atoms with Crippen LogP contribution in [0.5, 0.6) is 17.2 Å². The maximum absolute atomic E-state index is 14.1. The van der Waals surface area contributed by atoms with Gasteiger partial charge in [0, 0.05) is 12.5 Å². The standard InChI is InChI=1S/C18H14F2N2O4/c19-12-2-4-14(17(20)16(12)18(22)23)24-6-5-11-9-25-13-3-1-10(8-21)7-15(13)26-11/h1-4,7,11H,5-6,9H2,(H2,22,23). The molecule has 2 aromatic rings. The molecule has 0 saturated carbocycles. The fourth-order valence-electron chi connectivity index (χ4n) is 2.50. The van der Waals surface area contributed by atoms with Gasteiger partial charge in [-0.2, -0.15) is 5.26 Å². The van der Waals surface area contributed by atoms with Crippen molar-refractivity contribution in [2.24, 2.45) is 5.73 Å². The molecule has 0 fully saturated rings. The number of amides is 1. The van der Waals surface area contributed by atoms with E-state index in [1.54, 1.807) is 18.2 Å². The van der Waals surface area contributed by atoms with Crippen molar-refractivity contribution >= 4 is 5.91 Å². The molecule has 1 unspecified atom stereocenters. The summed E-state index contributed by atoms with van der Waals surface area (Å²) in [7, 11) is 0. The van der Waals surface area contributed by atoms with Crippen molar-refractivity contribution in [3.8, 4) is 23.3 Å². The van der Waals surface area contributed by atoms with Crippen molar-refractivity contribution in [2.45, 2.75) is 12.5 Å². The van der Waals surface area contributed by atoms with E-state index < -0.39 is 23.1 Å². The molecule has 0 aromatic heterocycles. The molecule has 1 aliphatic rings. The first-order valence-corrected chi connectivity index (χ1v) is 7.74. The molecule has 1 amide bonds. The van der Waals surface area contributed by atoms with Gasteiger partial charge in [-0.05, 0) is 24.3 Å². The number of benzene rings is 2. The van der Waals surface area contributed by atoms with Crippen molar-refractivity contribution < 1.29 is 27.8 Å². The summed E-state index contributed by atoms with van der Waals surface area (Å²) in [5, 5.41) is 8.92. The number of carbonyl (C=O) groups excluding carboxylic acids is 1. The third kappa shape index (κ3) is 3.52. The van der Waals surface area contributed by atoms with Gasteiger partial charge in [-0.1, -0.05) is 0 Å². The highest BCUT2D eigenvalue weighted by Crippen LogP contribution is 2.33. The average Bonchev–Trinajstić information content (AvgIpc) is 2.62. The first kappa shape index (κ1) is 17.5. The minimum atomic E-state index is -1.21. The number of ether oxygens (including phenoxy) is 3. The minimum Gasteiger partial charge on any atom is -0.490 e. The fraction of sp³-hybridized carbons (Fsp3) is 0.222. The second-order valence-corrected chi connectivity index (χ2v) is 5.56. The summed E-state index contributed by atoms with van der Waals surface area (Å²) in [6.07, 6.45) is -0.0190. The van der Waals surface area contributed by atoms with Crippen molar-refractivity contribution in [1.82, 2.24) is 0 Å². The second-order valence-electron chi connectivity index (χ2n) is 5.56. The van der Waals surface area contributed by atoms with Crippen LogP contribution in [-0.4, -0.2) is 25.2 Å². The number of fused-ring (bicyclic) bond motifs is 1. The van der Waals surface area contributed by atoms with Crippen molar-refractivity contribution in [2.75, 3.05) is 13.2 Å². The molecule has 0 radical (unpaired) electrons. The zero-order valence-corrected chi connectivity index (χ0v) is 13.5.